The van der Waals surface area contributed by atoms with Gasteiger partial charge in [-0.25, -0.2) is 4.79 Å². The number of hydrogen-bond acceptors (Lipinski definition) is 6. The normalized spacial score (nSPS) is 25.2. The number of aliphatic carboxylic acids is 1. The number of carboxylic acid groups (broad SMARTS) is 1. The number of allylic oxidation sites excluding steroid dienone is 1. The molecule has 7 nitrogen and oxygen atoms in total. The van der Waals surface area contributed by atoms with E-state index < -0.39 is 12.0 Å². The standard InChI is InChI=1S/C12H12N4O3S2/c13-8-10(17)16-9(12(18)19)6(5-21-11(8)16)1-2-20-7-3-14-15-4-7/h1-4,8,11H,5,13H2,(H,14,15)(H,18,19)/t8-,11-/m1/s1. The number of nitrogens with one attached hydrogen (secondary N) is 1. The number of nitrogens with zero attached hydrogens (tertiary/aromatic N) is 2. The van der Waals surface area contributed by atoms with Crippen LogP contribution < -0.4 is 5.73 Å². The van der Waals surface area contributed by atoms with Crippen molar-refractivity contribution in [3.8, 4) is 0 Å². The lowest BCUT2D eigenvalue weighted by molar-refractivity contribution is -0.147. The van der Waals surface area contributed by atoms with Crippen molar-refractivity contribution in [1.82, 2.24) is 15.1 Å². The van der Waals surface area contributed by atoms with Crippen molar-refractivity contribution in [1.29, 1.82) is 0 Å². The van der Waals surface area contributed by atoms with Crippen LogP contribution in [0.4, 0.5) is 0 Å². The van der Waals surface area contributed by atoms with Gasteiger partial charge in [0.2, 0.25) is 5.91 Å². The van der Waals surface area contributed by atoms with Gasteiger partial charge in [0.05, 0.1) is 6.20 Å². The number of H-pyrrole nitrogens is 1. The summed E-state index contributed by atoms with van der Waals surface area (Å²) in [5, 5.41) is 17.4. The Hall–Kier alpha value is -1.71. The minimum Gasteiger partial charge on any atom is -0.477 e. The number of fused-ring (bicyclic) bond motifs is 1. The molecule has 0 saturated carbocycles. The summed E-state index contributed by atoms with van der Waals surface area (Å²) in [5.41, 5.74) is 6.34. The maximum Gasteiger partial charge on any atom is 0.352 e. The third-order valence-corrected chi connectivity index (χ3v) is 5.28. The van der Waals surface area contributed by atoms with Gasteiger partial charge in [0.1, 0.15) is 17.1 Å². The third-order valence-electron chi connectivity index (χ3n) is 3.19. The summed E-state index contributed by atoms with van der Waals surface area (Å²) in [6, 6.07) is -0.602. The quantitative estimate of drug-likeness (QED) is 0.549. The number of hydrogen-bond donors (Lipinski definition) is 3. The summed E-state index contributed by atoms with van der Waals surface area (Å²) in [6.45, 7) is 0. The summed E-state index contributed by atoms with van der Waals surface area (Å²) in [7, 11) is 0. The summed E-state index contributed by atoms with van der Waals surface area (Å²) >= 11 is 2.90. The molecule has 1 amide bonds. The van der Waals surface area contributed by atoms with Crippen molar-refractivity contribution < 1.29 is 14.7 Å². The van der Waals surface area contributed by atoms with Gasteiger partial charge in [-0.1, -0.05) is 11.8 Å². The fraction of sp³-hybridized carbons (Fsp3) is 0.250. The van der Waals surface area contributed by atoms with Gasteiger partial charge in [-0.15, -0.1) is 11.8 Å². The number of β-lactam (4-membered cyclic amide) rings is 1. The lowest BCUT2D eigenvalue weighted by Gasteiger charge is -2.47. The van der Waals surface area contributed by atoms with Gasteiger partial charge >= 0.3 is 5.97 Å². The van der Waals surface area contributed by atoms with Gasteiger partial charge in [-0.05, 0) is 17.1 Å². The van der Waals surface area contributed by atoms with Crippen molar-refractivity contribution in [3.63, 3.8) is 0 Å². The third kappa shape index (κ3) is 2.47. The molecule has 110 valence electrons. The molecule has 2 aliphatic heterocycles. The second-order valence-electron chi connectivity index (χ2n) is 4.47. The molecule has 3 heterocycles. The van der Waals surface area contributed by atoms with Gasteiger partial charge in [0.25, 0.3) is 0 Å². The van der Waals surface area contributed by atoms with Gasteiger partial charge in [-0.2, -0.15) is 5.10 Å². The second kappa shape index (κ2) is 5.58. The predicted molar refractivity (Wildman–Crippen MR) is 79.3 cm³/mol. The Kier molecular flexibility index (Phi) is 3.79. The van der Waals surface area contributed by atoms with E-state index in [4.69, 9.17) is 5.73 Å². The van der Waals surface area contributed by atoms with Crippen molar-refractivity contribution >= 4 is 35.4 Å². The number of carbonyl (C=O) groups excluding carboxylic acids is 1. The van der Waals surface area contributed by atoms with E-state index in [-0.39, 0.29) is 17.0 Å². The van der Waals surface area contributed by atoms with Crippen LogP contribution in [0.2, 0.25) is 0 Å². The van der Waals surface area contributed by atoms with E-state index in [1.54, 1.807) is 23.9 Å². The molecule has 1 aromatic heterocycles. The Balaban J connectivity index is 1.82. The fourth-order valence-corrected chi connectivity index (χ4v) is 4.06. The zero-order valence-corrected chi connectivity index (χ0v) is 12.4. The van der Waals surface area contributed by atoms with E-state index in [1.807, 2.05) is 0 Å². The molecule has 1 aromatic rings. The molecule has 1 saturated heterocycles. The minimum atomic E-state index is -1.10. The van der Waals surface area contributed by atoms with Crippen LogP contribution in [-0.2, 0) is 9.59 Å². The molecule has 0 spiro atoms. The number of amides is 1. The lowest BCUT2D eigenvalue weighted by atomic mass is 10.0. The van der Waals surface area contributed by atoms with E-state index in [9.17, 15) is 14.7 Å². The van der Waals surface area contributed by atoms with Gasteiger partial charge in [0.15, 0.2) is 0 Å². The average Bonchev–Trinajstić information content (AvgIpc) is 2.98. The van der Waals surface area contributed by atoms with E-state index in [2.05, 4.69) is 10.2 Å². The van der Waals surface area contributed by atoms with Crippen molar-refractivity contribution in [3.05, 3.63) is 35.1 Å². The zero-order valence-electron chi connectivity index (χ0n) is 10.7. The smallest absolute Gasteiger partial charge is 0.352 e. The van der Waals surface area contributed by atoms with Crippen LogP contribution in [0.3, 0.4) is 0 Å². The molecule has 0 bridgehead atoms. The van der Waals surface area contributed by atoms with Crippen LogP contribution in [-0.4, -0.2) is 49.2 Å². The molecule has 4 N–H and O–H groups in total. The highest BCUT2D eigenvalue weighted by Gasteiger charge is 2.51. The maximum absolute atomic E-state index is 11.8. The highest BCUT2D eigenvalue weighted by Crippen LogP contribution is 2.39. The number of carboxylic acids is 1. The zero-order chi connectivity index (χ0) is 15.0. The van der Waals surface area contributed by atoms with Gasteiger partial charge in [0, 0.05) is 16.8 Å². The molecular formula is C12H12N4O3S2. The van der Waals surface area contributed by atoms with Gasteiger partial charge < -0.3 is 10.8 Å². The fourth-order valence-electron chi connectivity index (χ4n) is 2.17. The first-order chi connectivity index (χ1) is 10.1. The number of carbonyl (C=O) groups is 2. The topological polar surface area (TPSA) is 112 Å². The van der Waals surface area contributed by atoms with Crippen LogP contribution in [0.25, 0.3) is 0 Å². The second-order valence-corrected chi connectivity index (χ2v) is 6.55. The van der Waals surface area contributed by atoms with E-state index >= 15 is 0 Å². The predicted octanol–water partition coefficient (Wildman–Crippen LogP) is 0.597. The molecule has 2 aliphatic rings. The Morgan fingerprint density at radius 2 is 2.48 bits per heavy atom. The minimum absolute atomic E-state index is 0.0366. The molecule has 0 aliphatic carbocycles. The number of thioether (sulfide) groups is 2. The van der Waals surface area contributed by atoms with E-state index in [0.29, 0.717) is 11.3 Å². The molecule has 9 heteroatoms. The van der Waals surface area contributed by atoms with Crippen molar-refractivity contribution in [2.24, 2.45) is 5.73 Å². The SMILES string of the molecule is N[C@@H]1C(=O)N2C(C(=O)O)=C(C=CSc3cn[nH]c3)CS[C@H]12. The highest BCUT2D eigenvalue weighted by molar-refractivity contribution is 8.02. The molecule has 0 radical (unpaired) electrons. The molecule has 21 heavy (non-hydrogen) atoms. The van der Waals surface area contributed by atoms with E-state index in [1.165, 1.54) is 28.4 Å². The number of aromatic nitrogens is 2. The first kappa shape index (κ1) is 14.2. The summed E-state index contributed by atoms with van der Waals surface area (Å²) in [4.78, 5) is 25.4. The summed E-state index contributed by atoms with van der Waals surface area (Å²) in [5.74, 6) is -0.918. The monoisotopic (exact) mass is 324 g/mol. The highest BCUT2D eigenvalue weighted by atomic mass is 32.2. The van der Waals surface area contributed by atoms with Crippen LogP contribution in [0.5, 0.6) is 0 Å². The van der Waals surface area contributed by atoms with Crippen LogP contribution in [0, 0.1) is 0 Å². The Morgan fingerprint density at radius 3 is 3.14 bits per heavy atom. The van der Waals surface area contributed by atoms with Crippen LogP contribution in [0.15, 0.2) is 40.0 Å². The Labute approximate surface area is 128 Å². The van der Waals surface area contributed by atoms with E-state index in [0.717, 1.165) is 4.90 Å². The first-order valence-electron chi connectivity index (χ1n) is 6.08. The average molecular weight is 324 g/mol. The molecule has 3 rings (SSSR count). The number of rotatable bonds is 4. The molecular weight excluding hydrogens is 312 g/mol. The van der Waals surface area contributed by atoms with Crippen LogP contribution >= 0.6 is 23.5 Å². The van der Waals surface area contributed by atoms with Gasteiger partial charge in [-0.3, -0.25) is 14.8 Å². The number of nitrogens with two attached hydrogens (primary N) is 1. The first-order valence-corrected chi connectivity index (χ1v) is 8.01. The molecule has 0 aromatic carbocycles. The molecule has 2 atom stereocenters. The van der Waals surface area contributed by atoms with Crippen molar-refractivity contribution in [2.75, 3.05) is 5.75 Å². The Bertz CT molecular complexity index is 641. The largest absolute Gasteiger partial charge is 0.477 e. The molecule has 1 fully saturated rings. The lowest BCUT2D eigenvalue weighted by Crippen LogP contribution is -2.68. The summed E-state index contributed by atoms with van der Waals surface area (Å²) < 4.78 is 0. The van der Waals surface area contributed by atoms with Crippen molar-refractivity contribution in [2.45, 2.75) is 16.3 Å². The number of aromatic amines is 1. The molecule has 0 unspecified atom stereocenters. The maximum atomic E-state index is 11.8. The van der Waals surface area contributed by atoms with Crippen LogP contribution in [0.1, 0.15) is 0 Å². The Morgan fingerprint density at radius 1 is 1.67 bits per heavy atom. The summed E-state index contributed by atoms with van der Waals surface area (Å²) in [6.07, 6.45) is 5.14.